The molecular formula is C34H51NO7. The summed E-state index contributed by atoms with van der Waals surface area (Å²) in [5.41, 5.74) is 4.63. The van der Waals surface area contributed by atoms with Crippen molar-refractivity contribution in [1.82, 2.24) is 0 Å². The van der Waals surface area contributed by atoms with E-state index in [9.17, 15) is 5.11 Å². The molecule has 4 atom stereocenters. The first kappa shape index (κ1) is 32.7. The van der Waals surface area contributed by atoms with E-state index in [1.807, 2.05) is 6.92 Å². The highest BCUT2D eigenvalue weighted by atomic mass is 16.5. The van der Waals surface area contributed by atoms with Crippen LogP contribution in [0.2, 0.25) is 0 Å². The Kier molecular flexibility index (Phi) is 13.9. The molecule has 0 saturated heterocycles. The van der Waals surface area contributed by atoms with Crippen LogP contribution in [0.1, 0.15) is 68.1 Å². The molecule has 2 aliphatic rings. The zero-order valence-electron chi connectivity index (χ0n) is 25.8. The second-order valence-corrected chi connectivity index (χ2v) is 11.4. The fourth-order valence-corrected chi connectivity index (χ4v) is 5.85. The Morgan fingerprint density at radius 2 is 1.64 bits per heavy atom. The Morgan fingerprint density at radius 1 is 0.905 bits per heavy atom. The third-order valence-electron chi connectivity index (χ3n) is 8.25. The van der Waals surface area contributed by atoms with Gasteiger partial charge in [-0.15, -0.1) is 0 Å². The number of hydrogen-bond acceptors (Lipinski definition) is 8. The van der Waals surface area contributed by atoms with Gasteiger partial charge in [-0.2, -0.15) is 0 Å². The molecule has 1 aliphatic heterocycles. The van der Waals surface area contributed by atoms with Crippen LogP contribution in [0.15, 0.2) is 42.5 Å². The summed E-state index contributed by atoms with van der Waals surface area (Å²) < 4.78 is 35.2. The van der Waals surface area contributed by atoms with Gasteiger partial charge in [-0.25, -0.2) is 0 Å². The monoisotopic (exact) mass is 585 g/mol. The van der Waals surface area contributed by atoms with E-state index in [1.54, 1.807) is 14.2 Å². The van der Waals surface area contributed by atoms with Crippen LogP contribution in [0.5, 0.6) is 5.75 Å². The van der Waals surface area contributed by atoms with Crippen LogP contribution in [0.4, 0.5) is 5.69 Å². The van der Waals surface area contributed by atoms with Crippen molar-refractivity contribution in [3.63, 3.8) is 0 Å². The van der Waals surface area contributed by atoms with Crippen LogP contribution in [0, 0.1) is 0 Å². The molecule has 0 radical (unpaired) electrons. The molecule has 1 fully saturated rings. The van der Waals surface area contributed by atoms with E-state index < -0.39 is 6.10 Å². The maximum absolute atomic E-state index is 10.2. The van der Waals surface area contributed by atoms with E-state index in [4.69, 9.17) is 28.4 Å². The van der Waals surface area contributed by atoms with Gasteiger partial charge >= 0.3 is 0 Å². The molecule has 1 saturated carbocycles. The van der Waals surface area contributed by atoms with Gasteiger partial charge in [-0.1, -0.05) is 37.3 Å². The first-order valence-corrected chi connectivity index (χ1v) is 15.7. The Morgan fingerprint density at radius 3 is 2.40 bits per heavy atom. The van der Waals surface area contributed by atoms with E-state index in [0.29, 0.717) is 46.1 Å². The van der Waals surface area contributed by atoms with Crippen LogP contribution in [0.25, 0.3) is 0 Å². The molecule has 234 valence electrons. The van der Waals surface area contributed by atoms with E-state index in [1.165, 1.54) is 5.56 Å². The van der Waals surface area contributed by atoms with Gasteiger partial charge < -0.3 is 38.4 Å². The minimum atomic E-state index is -0.450. The minimum Gasteiger partial charge on any atom is -0.490 e. The topological polar surface area (TPSA) is 78.9 Å². The molecule has 4 rings (SSSR count). The Bertz CT molecular complexity index is 1030. The zero-order valence-corrected chi connectivity index (χ0v) is 25.8. The summed E-state index contributed by atoms with van der Waals surface area (Å²) in [6.45, 7) is 8.11. The summed E-state index contributed by atoms with van der Waals surface area (Å²) >= 11 is 0. The number of methoxy groups -OCH3 is 2. The van der Waals surface area contributed by atoms with Crippen molar-refractivity contribution < 1.29 is 33.5 Å². The van der Waals surface area contributed by atoms with Gasteiger partial charge in [0.15, 0.2) is 0 Å². The van der Waals surface area contributed by atoms with Crippen molar-refractivity contribution >= 4 is 5.69 Å². The van der Waals surface area contributed by atoms with Gasteiger partial charge in [-0.05, 0) is 67.3 Å². The van der Waals surface area contributed by atoms with Crippen LogP contribution in [0.3, 0.4) is 0 Å². The average molecular weight is 586 g/mol. The smallest absolute Gasteiger partial charge is 0.142 e. The van der Waals surface area contributed by atoms with Crippen LogP contribution in [-0.4, -0.2) is 83.8 Å². The Labute approximate surface area is 252 Å². The SMILES string of the molecule is CC[C@H](O)CO[C@@H]1CCC[C@H](OCc2ccc3c(c2)N(CCCOC)CCO3)[C@H]1c1ccc(COCCCOC)cc1. The first-order chi connectivity index (χ1) is 20.6. The lowest BCUT2D eigenvalue weighted by Crippen LogP contribution is -2.39. The Hall–Kier alpha value is -2.20. The molecule has 42 heavy (non-hydrogen) atoms. The van der Waals surface area contributed by atoms with Gasteiger partial charge in [0, 0.05) is 46.5 Å². The second kappa shape index (κ2) is 17.8. The molecule has 8 nitrogen and oxygen atoms in total. The van der Waals surface area contributed by atoms with Gasteiger partial charge in [0.05, 0.1) is 50.4 Å². The number of nitrogens with zero attached hydrogens (tertiary/aromatic N) is 1. The van der Waals surface area contributed by atoms with Crippen molar-refractivity contribution in [2.45, 2.75) is 82.9 Å². The highest BCUT2D eigenvalue weighted by molar-refractivity contribution is 5.61. The number of fused-ring (bicyclic) bond motifs is 1. The minimum absolute atomic E-state index is 0.00528. The lowest BCUT2D eigenvalue weighted by Gasteiger charge is -2.39. The maximum Gasteiger partial charge on any atom is 0.142 e. The molecule has 1 N–H and O–H groups in total. The third kappa shape index (κ3) is 9.66. The number of rotatable bonds is 18. The number of aliphatic hydroxyl groups is 1. The summed E-state index contributed by atoms with van der Waals surface area (Å²) in [6.07, 6.45) is 5.08. The number of anilines is 1. The zero-order chi connectivity index (χ0) is 29.6. The number of benzene rings is 2. The third-order valence-corrected chi connectivity index (χ3v) is 8.25. The first-order valence-electron chi connectivity index (χ1n) is 15.7. The Balaban J connectivity index is 1.44. The van der Waals surface area contributed by atoms with Crippen LogP contribution < -0.4 is 9.64 Å². The van der Waals surface area contributed by atoms with Crippen LogP contribution in [-0.2, 0) is 36.9 Å². The fourth-order valence-electron chi connectivity index (χ4n) is 5.85. The maximum atomic E-state index is 10.2. The summed E-state index contributed by atoms with van der Waals surface area (Å²) in [7, 11) is 3.46. The number of aliphatic hydroxyl groups excluding tert-OH is 1. The van der Waals surface area contributed by atoms with Gasteiger partial charge in [0.25, 0.3) is 0 Å². The van der Waals surface area contributed by atoms with Crippen molar-refractivity contribution in [2.24, 2.45) is 0 Å². The van der Waals surface area contributed by atoms with Gasteiger partial charge in [0.2, 0.25) is 0 Å². The molecule has 2 aromatic carbocycles. The standard InChI is InChI=1S/C34H51NO7/c1-4-29(36)25-42-33-9-5-8-32(34(33)28-13-10-26(11-14-28)23-39-20-7-19-38-3)41-24-27-12-15-31-30(22-27)35(17-21-40-31)16-6-18-37-2/h10-15,22,29,32-34,36H,4-9,16-21,23-25H2,1-3H3/t29-,32-,33+,34+/m0/s1. The largest absolute Gasteiger partial charge is 0.490 e. The predicted molar refractivity (Wildman–Crippen MR) is 164 cm³/mol. The highest BCUT2D eigenvalue weighted by Gasteiger charge is 2.36. The van der Waals surface area contributed by atoms with Gasteiger partial charge in [0.1, 0.15) is 12.4 Å². The fraction of sp³-hybridized carbons (Fsp3) is 0.647. The van der Waals surface area contributed by atoms with Crippen molar-refractivity contribution in [1.29, 1.82) is 0 Å². The molecule has 2 aromatic rings. The molecule has 0 spiro atoms. The number of hydrogen-bond donors (Lipinski definition) is 1. The molecule has 0 unspecified atom stereocenters. The van der Waals surface area contributed by atoms with Gasteiger partial charge in [-0.3, -0.25) is 0 Å². The molecule has 0 aromatic heterocycles. The summed E-state index contributed by atoms with van der Waals surface area (Å²) in [4.78, 5) is 2.39. The second-order valence-electron chi connectivity index (χ2n) is 11.4. The lowest BCUT2D eigenvalue weighted by atomic mass is 9.79. The van der Waals surface area contributed by atoms with E-state index in [2.05, 4.69) is 47.4 Å². The van der Waals surface area contributed by atoms with Crippen molar-refractivity contribution in [2.75, 3.05) is 65.2 Å². The summed E-state index contributed by atoms with van der Waals surface area (Å²) in [5, 5.41) is 10.2. The van der Waals surface area contributed by atoms with E-state index >= 15 is 0 Å². The van der Waals surface area contributed by atoms with Crippen molar-refractivity contribution in [3.8, 4) is 5.75 Å². The lowest BCUT2D eigenvalue weighted by molar-refractivity contribution is -0.0858. The quantitative estimate of drug-likeness (QED) is 0.230. The highest BCUT2D eigenvalue weighted by Crippen LogP contribution is 2.39. The molecule has 1 heterocycles. The number of ether oxygens (including phenoxy) is 6. The van der Waals surface area contributed by atoms with E-state index in [0.717, 1.165) is 74.4 Å². The molecule has 0 amide bonds. The molecule has 1 aliphatic carbocycles. The van der Waals surface area contributed by atoms with E-state index in [-0.39, 0.29) is 18.1 Å². The summed E-state index contributed by atoms with van der Waals surface area (Å²) in [6, 6.07) is 15.1. The normalized spacial score (nSPS) is 21.1. The summed E-state index contributed by atoms with van der Waals surface area (Å²) in [5.74, 6) is 1.02. The average Bonchev–Trinajstić information content (AvgIpc) is 3.03. The van der Waals surface area contributed by atoms with Crippen molar-refractivity contribution in [3.05, 3.63) is 59.2 Å². The molecule has 0 bridgehead atoms. The molecular weight excluding hydrogens is 534 g/mol. The van der Waals surface area contributed by atoms with Crippen LogP contribution >= 0.6 is 0 Å². The predicted octanol–water partition coefficient (Wildman–Crippen LogP) is 5.48. The molecule has 8 heteroatoms.